The molecule has 2 rings (SSSR count). The van der Waals surface area contributed by atoms with Gasteiger partial charge in [-0.2, -0.15) is 0 Å². The predicted octanol–water partition coefficient (Wildman–Crippen LogP) is 3.84. The van der Waals surface area contributed by atoms with Gasteiger partial charge in [0.25, 0.3) is 0 Å². The molecule has 0 aliphatic rings. The third kappa shape index (κ3) is 7.06. The van der Waals surface area contributed by atoms with Crippen LogP contribution in [0.3, 0.4) is 0 Å². The van der Waals surface area contributed by atoms with E-state index in [1.165, 1.54) is 30.0 Å². The summed E-state index contributed by atoms with van der Waals surface area (Å²) < 4.78 is 39.9. The Kier molecular flexibility index (Phi) is 9.51. The van der Waals surface area contributed by atoms with Crippen LogP contribution in [0.1, 0.15) is 25.8 Å². The second-order valence-electron chi connectivity index (χ2n) is 7.41. The zero-order chi connectivity index (χ0) is 24.8. The summed E-state index contributed by atoms with van der Waals surface area (Å²) in [5.74, 6) is -1.95. The van der Waals surface area contributed by atoms with E-state index in [9.17, 15) is 22.4 Å². The van der Waals surface area contributed by atoms with E-state index in [1.54, 1.807) is 18.2 Å². The largest absolute Gasteiger partial charge is 0.354 e. The van der Waals surface area contributed by atoms with Crippen molar-refractivity contribution in [1.29, 1.82) is 0 Å². The zero-order valence-electron chi connectivity index (χ0n) is 18.5. The zero-order valence-corrected chi connectivity index (χ0v) is 20.8. The molecule has 0 aliphatic carbocycles. The molecule has 33 heavy (non-hydrogen) atoms. The number of benzene rings is 2. The summed E-state index contributed by atoms with van der Waals surface area (Å²) in [7, 11) is -4.03. The quantitative estimate of drug-likeness (QED) is 0.518. The maximum absolute atomic E-state index is 14.4. The maximum atomic E-state index is 14.4. The van der Waals surface area contributed by atoms with E-state index in [0.29, 0.717) is 22.8 Å². The Morgan fingerprint density at radius 3 is 2.24 bits per heavy atom. The van der Waals surface area contributed by atoms with Crippen molar-refractivity contribution in [3.63, 3.8) is 0 Å². The summed E-state index contributed by atoms with van der Waals surface area (Å²) in [6.07, 6.45) is 1.57. The summed E-state index contributed by atoms with van der Waals surface area (Å²) in [6, 6.07) is 9.08. The number of hydrogen-bond acceptors (Lipinski definition) is 4. The highest BCUT2D eigenvalue weighted by Gasteiger charge is 2.31. The summed E-state index contributed by atoms with van der Waals surface area (Å²) in [6.45, 7) is 2.94. The molecule has 1 atom stereocenters. The number of hydrogen-bond donors (Lipinski definition) is 1. The Bertz CT molecular complexity index is 1090. The predicted molar refractivity (Wildman–Crippen MR) is 128 cm³/mol. The van der Waals surface area contributed by atoms with Gasteiger partial charge >= 0.3 is 0 Å². The van der Waals surface area contributed by atoms with Crippen molar-refractivity contribution >= 4 is 50.7 Å². The fourth-order valence-corrected chi connectivity index (χ4v) is 4.45. The molecular formula is C22H26Cl2FN3O4S. The number of carbonyl (C=O) groups excluding carboxylic acids is 2. The van der Waals surface area contributed by atoms with Crippen molar-refractivity contribution in [2.45, 2.75) is 32.9 Å². The Labute approximate surface area is 203 Å². The van der Waals surface area contributed by atoms with E-state index >= 15 is 0 Å². The fraction of sp³-hybridized carbons (Fsp3) is 0.364. The van der Waals surface area contributed by atoms with Crippen LogP contribution in [-0.4, -0.2) is 50.5 Å². The second kappa shape index (κ2) is 11.7. The van der Waals surface area contributed by atoms with Crippen molar-refractivity contribution in [3.8, 4) is 0 Å². The molecular weight excluding hydrogens is 492 g/mol. The number of nitrogens with one attached hydrogen (secondary N) is 1. The number of amides is 2. The van der Waals surface area contributed by atoms with Crippen LogP contribution in [0, 0.1) is 5.82 Å². The van der Waals surface area contributed by atoms with Crippen LogP contribution in [0.4, 0.5) is 10.1 Å². The molecule has 2 amide bonds. The van der Waals surface area contributed by atoms with Crippen LogP contribution >= 0.6 is 23.2 Å². The minimum absolute atomic E-state index is 0.146. The van der Waals surface area contributed by atoms with Crippen molar-refractivity contribution in [2.75, 3.05) is 23.7 Å². The van der Waals surface area contributed by atoms with Gasteiger partial charge in [-0.05, 0) is 37.6 Å². The number of para-hydroxylation sites is 1. The van der Waals surface area contributed by atoms with Gasteiger partial charge in [0.05, 0.1) is 11.9 Å². The number of halogens is 3. The summed E-state index contributed by atoms with van der Waals surface area (Å²) in [5, 5.41) is 3.29. The van der Waals surface area contributed by atoms with E-state index in [-0.39, 0.29) is 22.3 Å². The highest BCUT2D eigenvalue weighted by Crippen LogP contribution is 2.27. The first-order chi connectivity index (χ1) is 15.5. The molecule has 0 spiro atoms. The van der Waals surface area contributed by atoms with E-state index in [2.05, 4.69) is 5.32 Å². The van der Waals surface area contributed by atoms with Gasteiger partial charge < -0.3 is 10.2 Å². The summed E-state index contributed by atoms with van der Waals surface area (Å²) >= 11 is 12.5. The Morgan fingerprint density at radius 1 is 1.09 bits per heavy atom. The Hall–Kier alpha value is -2.36. The highest BCUT2D eigenvalue weighted by molar-refractivity contribution is 7.92. The molecule has 0 saturated carbocycles. The van der Waals surface area contributed by atoms with Gasteiger partial charge in [-0.3, -0.25) is 13.9 Å². The molecule has 0 unspecified atom stereocenters. The number of anilines is 1. The normalized spacial score (nSPS) is 12.2. The van der Waals surface area contributed by atoms with E-state index in [1.807, 2.05) is 6.92 Å². The Balaban J connectivity index is 2.45. The standard InChI is InChI=1S/C22H26Cl2FN3O4S/c1-4-12-26-22(30)15(2)27(13-16-17(23)8-7-9-18(16)24)21(29)14-28(33(3,31)32)20-11-6-5-10-19(20)25/h5-11,15H,4,12-14H2,1-3H3,(H,26,30)/t15-/m1/s1. The minimum Gasteiger partial charge on any atom is -0.354 e. The van der Waals surface area contributed by atoms with Crippen LogP contribution in [0.5, 0.6) is 0 Å². The first-order valence-electron chi connectivity index (χ1n) is 10.2. The lowest BCUT2D eigenvalue weighted by Crippen LogP contribution is -2.51. The molecule has 11 heteroatoms. The van der Waals surface area contributed by atoms with Gasteiger partial charge in [0, 0.05) is 28.7 Å². The molecule has 7 nitrogen and oxygen atoms in total. The van der Waals surface area contributed by atoms with Crippen molar-refractivity contribution < 1.29 is 22.4 Å². The lowest BCUT2D eigenvalue weighted by atomic mass is 10.1. The van der Waals surface area contributed by atoms with Crippen LogP contribution in [0.25, 0.3) is 0 Å². The van der Waals surface area contributed by atoms with Crippen molar-refractivity contribution in [3.05, 3.63) is 63.9 Å². The smallest absolute Gasteiger partial charge is 0.244 e. The lowest BCUT2D eigenvalue weighted by Gasteiger charge is -2.32. The average Bonchev–Trinajstić information content (AvgIpc) is 2.75. The van der Waals surface area contributed by atoms with Gasteiger partial charge in [-0.15, -0.1) is 0 Å². The second-order valence-corrected chi connectivity index (χ2v) is 10.1. The van der Waals surface area contributed by atoms with Gasteiger partial charge in [-0.1, -0.05) is 48.3 Å². The molecule has 0 bridgehead atoms. The molecule has 180 valence electrons. The van der Waals surface area contributed by atoms with Gasteiger partial charge in [0.2, 0.25) is 21.8 Å². The Morgan fingerprint density at radius 2 is 1.70 bits per heavy atom. The maximum Gasteiger partial charge on any atom is 0.244 e. The molecule has 0 heterocycles. The monoisotopic (exact) mass is 517 g/mol. The van der Waals surface area contributed by atoms with Gasteiger partial charge in [0.1, 0.15) is 18.4 Å². The third-order valence-corrected chi connectivity index (χ3v) is 6.74. The third-order valence-electron chi connectivity index (χ3n) is 4.91. The number of nitrogens with zero attached hydrogens (tertiary/aromatic N) is 2. The summed E-state index contributed by atoms with van der Waals surface area (Å²) in [4.78, 5) is 27.2. The molecule has 0 radical (unpaired) electrons. The molecule has 0 fully saturated rings. The number of carbonyl (C=O) groups is 2. The van der Waals surface area contributed by atoms with Gasteiger partial charge in [0.15, 0.2) is 0 Å². The van der Waals surface area contributed by atoms with E-state index in [0.717, 1.165) is 12.3 Å². The number of rotatable bonds is 10. The van der Waals surface area contributed by atoms with E-state index < -0.39 is 40.2 Å². The first kappa shape index (κ1) is 26.9. The van der Waals surface area contributed by atoms with Crippen LogP contribution in [-0.2, 0) is 26.2 Å². The average molecular weight is 518 g/mol. The van der Waals surface area contributed by atoms with Crippen molar-refractivity contribution in [2.24, 2.45) is 0 Å². The van der Waals surface area contributed by atoms with Crippen LogP contribution in [0.2, 0.25) is 10.0 Å². The molecule has 2 aromatic rings. The lowest BCUT2D eigenvalue weighted by molar-refractivity contribution is -0.139. The molecule has 0 saturated heterocycles. The molecule has 1 N–H and O–H groups in total. The molecule has 2 aromatic carbocycles. The van der Waals surface area contributed by atoms with Crippen LogP contribution in [0.15, 0.2) is 42.5 Å². The van der Waals surface area contributed by atoms with Crippen molar-refractivity contribution in [1.82, 2.24) is 10.2 Å². The van der Waals surface area contributed by atoms with Crippen LogP contribution < -0.4 is 9.62 Å². The molecule has 0 aliphatic heterocycles. The van der Waals surface area contributed by atoms with E-state index in [4.69, 9.17) is 23.2 Å². The summed E-state index contributed by atoms with van der Waals surface area (Å²) in [5.41, 5.74) is 0.133. The minimum atomic E-state index is -4.03. The fourth-order valence-electron chi connectivity index (χ4n) is 3.08. The van der Waals surface area contributed by atoms with Gasteiger partial charge in [-0.25, -0.2) is 12.8 Å². The number of sulfonamides is 1. The topological polar surface area (TPSA) is 86.8 Å². The molecule has 0 aromatic heterocycles. The highest BCUT2D eigenvalue weighted by atomic mass is 35.5. The first-order valence-corrected chi connectivity index (χ1v) is 12.8. The SMILES string of the molecule is CCCNC(=O)[C@@H](C)N(Cc1c(Cl)cccc1Cl)C(=O)CN(c1ccccc1F)S(C)(=O)=O.